The SMILES string of the molecule is CN=C(NCC(C)Oc1cccc(C)c1)N1CCN(CC(=O)N2CCOCC2)CC1.I. The zero-order valence-corrected chi connectivity index (χ0v) is 21.2. The van der Waals surface area contributed by atoms with Gasteiger partial charge in [0.1, 0.15) is 11.9 Å². The van der Waals surface area contributed by atoms with E-state index in [-0.39, 0.29) is 36.0 Å². The van der Waals surface area contributed by atoms with E-state index in [1.165, 1.54) is 5.56 Å². The molecule has 2 aliphatic heterocycles. The van der Waals surface area contributed by atoms with Crippen LogP contribution in [0.2, 0.25) is 0 Å². The number of halogens is 1. The first kappa shape index (κ1) is 25.7. The Bertz CT molecular complexity index is 719. The molecule has 2 aliphatic rings. The molecule has 0 aliphatic carbocycles. The second-order valence-electron chi connectivity index (χ2n) is 7.93. The molecule has 1 atom stereocenters. The lowest BCUT2D eigenvalue weighted by molar-refractivity contribution is -0.136. The van der Waals surface area contributed by atoms with E-state index in [0.29, 0.717) is 39.4 Å². The first-order valence-corrected chi connectivity index (χ1v) is 10.8. The Labute approximate surface area is 203 Å². The van der Waals surface area contributed by atoms with Crippen molar-refractivity contribution in [2.75, 3.05) is 72.6 Å². The predicted molar refractivity (Wildman–Crippen MR) is 133 cm³/mol. The largest absolute Gasteiger partial charge is 0.489 e. The molecule has 9 heteroatoms. The van der Waals surface area contributed by atoms with Crippen molar-refractivity contribution in [3.8, 4) is 5.75 Å². The first-order valence-electron chi connectivity index (χ1n) is 10.8. The normalized spacial score (nSPS) is 18.9. The van der Waals surface area contributed by atoms with Gasteiger partial charge in [0, 0.05) is 46.3 Å². The van der Waals surface area contributed by atoms with Gasteiger partial charge in [0.2, 0.25) is 5.91 Å². The third kappa shape index (κ3) is 8.12. The number of ether oxygens (including phenoxy) is 2. The molecule has 3 rings (SSSR count). The van der Waals surface area contributed by atoms with Gasteiger partial charge < -0.3 is 24.6 Å². The molecule has 2 fully saturated rings. The van der Waals surface area contributed by atoms with Crippen molar-refractivity contribution in [1.29, 1.82) is 0 Å². The Morgan fingerprint density at radius 1 is 1.16 bits per heavy atom. The molecule has 2 heterocycles. The third-order valence-corrected chi connectivity index (χ3v) is 5.48. The van der Waals surface area contributed by atoms with E-state index in [1.807, 2.05) is 30.1 Å². The van der Waals surface area contributed by atoms with E-state index in [2.05, 4.69) is 40.0 Å². The lowest BCUT2D eigenvalue weighted by Gasteiger charge is -2.37. The maximum atomic E-state index is 12.5. The van der Waals surface area contributed by atoms with Crippen LogP contribution < -0.4 is 10.1 Å². The van der Waals surface area contributed by atoms with Gasteiger partial charge in [-0.2, -0.15) is 0 Å². The third-order valence-electron chi connectivity index (χ3n) is 5.48. The topological polar surface area (TPSA) is 69.6 Å². The van der Waals surface area contributed by atoms with Crippen LogP contribution >= 0.6 is 24.0 Å². The summed E-state index contributed by atoms with van der Waals surface area (Å²) in [5.41, 5.74) is 1.19. The second kappa shape index (κ2) is 13.1. The average molecular weight is 545 g/mol. The summed E-state index contributed by atoms with van der Waals surface area (Å²) in [6, 6.07) is 8.09. The predicted octanol–water partition coefficient (Wildman–Crippen LogP) is 1.43. The minimum Gasteiger partial charge on any atom is -0.489 e. The number of benzene rings is 1. The maximum Gasteiger partial charge on any atom is 0.236 e. The van der Waals surface area contributed by atoms with Gasteiger partial charge in [-0.3, -0.25) is 14.7 Å². The van der Waals surface area contributed by atoms with Crippen LogP contribution in [-0.2, 0) is 9.53 Å². The van der Waals surface area contributed by atoms with E-state index in [9.17, 15) is 4.79 Å². The van der Waals surface area contributed by atoms with Crippen molar-refractivity contribution in [3.05, 3.63) is 29.8 Å². The Hall–Kier alpha value is -1.59. The summed E-state index contributed by atoms with van der Waals surface area (Å²) in [5, 5.41) is 3.42. The summed E-state index contributed by atoms with van der Waals surface area (Å²) in [5.74, 6) is 1.98. The fourth-order valence-corrected chi connectivity index (χ4v) is 3.75. The zero-order valence-electron chi connectivity index (χ0n) is 18.9. The zero-order chi connectivity index (χ0) is 21.3. The molecular formula is C22H36IN5O3. The van der Waals surface area contributed by atoms with Crippen LogP contribution in [0.4, 0.5) is 0 Å². The number of piperazine rings is 1. The number of hydrogen-bond donors (Lipinski definition) is 1. The van der Waals surface area contributed by atoms with Crippen molar-refractivity contribution >= 4 is 35.8 Å². The molecule has 2 saturated heterocycles. The molecule has 0 saturated carbocycles. The molecule has 8 nitrogen and oxygen atoms in total. The average Bonchev–Trinajstić information content (AvgIpc) is 2.76. The van der Waals surface area contributed by atoms with E-state index >= 15 is 0 Å². The Balaban J connectivity index is 0.00000341. The molecule has 31 heavy (non-hydrogen) atoms. The second-order valence-corrected chi connectivity index (χ2v) is 7.93. The first-order chi connectivity index (χ1) is 14.5. The van der Waals surface area contributed by atoms with Crippen LogP contribution in [-0.4, -0.2) is 105 Å². The van der Waals surface area contributed by atoms with Crippen LogP contribution in [0.3, 0.4) is 0 Å². The summed E-state index contributed by atoms with van der Waals surface area (Å²) < 4.78 is 11.3. The maximum absolute atomic E-state index is 12.5. The molecule has 0 aromatic heterocycles. The minimum atomic E-state index is 0. The number of guanidine groups is 1. The summed E-state index contributed by atoms with van der Waals surface area (Å²) in [6.45, 7) is 11.4. The molecule has 1 aromatic rings. The van der Waals surface area contributed by atoms with Crippen LogP contribution in [0.25, 0.3) is 0 Å². The molecule has 0 spiro atoms. The van der Waals surface area contributed by atoms with Crippen molar-refractivity contribution in [3.63, 3.8) is 0 Å². The van der Waals surface area contributed by atoms with Crippen molar-refractivity contribution in [1.82, 2.24) is 20.0 Å². The highest BCUT2D eigenvalue weighted by Crippen LogP contribution is 2.14. The molecule has 1 aromatic carbocycles. The molecule has 174 valence electrons. The number of morpholine rings is 1. The monoisotopic (exact) mass is 545 g/mol. The van der Waals surface area contributed by atoms with Gasteiger partial charge in [-0.25, -0.2) is 0 Å². The summed E-state index contributed by atoms with van der Waals surface area (Å²) in [7, 11) is 1.81. The number of aryl methyl sites for hydroxylation is 1. The van der Waals surface area contributed by atoms with Crippen molar-refractivity contribution < 1.29 is 14.3 Å². The minimum absolute atomic E-state index is 0. The summed E-state index contributed by atoms with van der Waals surface area (Å²) >= 11 is 0. The molecule has 0 radical (unpaired) electrons. The molecule has 1 unspecified atom stereocenters. The Morgan fingerprint density at radius 2 is 1.87 bits per heavy atom. The molecular weight excluding hydrogens is 509 g/mol. The van der Waals surface area contributed by atoms with Crippen molar-refractivity contribution in [2.24, 2.45) is 4.99 Å². The fourth-order valence-electron chi connectivity index (χ4n) is 3.75. The van der Waals surface area contributed by atoms with Gasteiger partial charge >= 0.3 is 0 Å². The van der Waals surface area contributed by atoms with Gasteiger partial charge in [-0.05, 0) is 31.5 Å². The smallest absolute Gasteiger partial charge is 0.236 e. The summed E-state index contributed by atoms with van der Waals surface area (Å²) in [4.78, 5) is 23.3. The highest BCUT2D eigenvalue weighted by molar-refractivity contribution is 14.0. The number of rotatable bonds is 6. The van der Waals surface area contributed by atoms with Crippen LogP contribution in [0.1, 0.15) is 12.5 Å². The van der Waals surface area contributed by atoms with E-state index in [1.54, 1.807) is 0 Å². The fraction of sp³-hybridized carbons (Fsp3) is 0.636. The van der Waals surface area contributed by atoms with E-state index in [0.717, 1.165) is 37.9 Å². The van der Waals surface area contributed by atoms with E-state index in [4.69, 9.17) is 9.47 Å². The molecule has 1 N–H and O–H groups in total. The van der Waals surface area contributed by atoms with Gasteiger partial charge in [-0.1, -0.05) is 12.1 Å². The Morgan fingerprint density at radius 3 is 2.52 bits per heavy atom. The highest BCUT2D eigenvalue weighted by Gasteiger charge is 2.24. The van der Waals surface area contributed by atoms with Gasteiger partial charge in [0.05, 0.1) is 26.3 Å². The number of carbonyl (C=O) groups excluding carboxylic acids is 1. The number of nitrogens with one attached hydrogen (secondary N) is 1. The van der Waals surface area contributed by atoms with Crippen molar-refractivity contribution in [2.45, 2.75) is 20.0 Å². The van der Waals surface area contributed by atoms with Gasteiger partial charge in [-0.15, -0.1) is 24.0 Å². The number of hydrogen-bond acceptors (Lipinski definition) is 5. The highest BCUT2D eigenvalue weighted by atomic mass is 127. The van der Waals surface area contributed by atoms with Crippen LogP contribution in [0.15, 0.2) is 29.3 Å². The standard InChI is InChI=1S/C22H35N5O3.HI/c1-18-5-4-6-20(15-18)30-19(2)16-24-22(23-3)27-9-7-25(8-10-27)17-21(28)26-11-13-29-14-12-26;/h4-6,15,19H,7-14,16-17H2,1-3H3,(H,23,24);1H. The van der Waals surface area contributed by atoms with Crippen LogP contribution in [0.5, 0.6) is 5.75 Å². The number of amides is 1. The quantitative estimate of drug-likeness (QED) is 0.332. The van der Waals surface area contributed by atoms with Gasteiger partial charge in [0.15, 0.2) is 5.96 Å². The number of carbonyl (C=O) groups is 1. The van der Waals surface area contributed by atoms with E-state index < -0.39 is 0 Å². The number of aliphatic imine (C=N–C) groups is 1. The number of nitrogens with zero attached hydrogens (tertiary/aromatic N) is 4. The lowest BCUT2D eigenvalue weighted by Crippen LogP contribution is -2.55. The Kier molecular flexibility index (Phi) is 10.8. The van der Waals surface area contributed by atoms with Gasteiger partial charge in [0.25, 0.3) is 0 Å². The summed E-state index contributed by atoms with van der Waals surface area (Å²) in [6.07, 6.45) is 0.0241. The lowest BCUT2D eigenvalue weighted by atomic mass is 10.2. The van der Waals surface area contributed by atoms with Crippen LogP contribution in [0, 0.1) is 6.92 Å². The molecule has 0 bridgehead atoms. The molecule has 1 amide bonds.